The van der Waals surface area contributed by atoms with Crippen LogP contribution in [0, 0.1) is 0 Å². The summed E-state index contributed by atoms with van der Waals surface area (Å²) >= 11 is 0. The fourth-order valence-electron chi connectivity index (χ4n) is 3.07. The summed E-state index contributed by atoms with van der Waals surface area (Å²) in [7, 11) is 0. The number of carbonyl (C=O) groups is 1. The van der Waals surface area contributed by atoms with Crippen LogP contribution >= 0.6 is 0 Å². The monoisotopic (exact) mass is 253 g/mol. The van der Waals surface area contributed by atoms with Crippen LogP contribution in [0.2, 0.25) is 0 Å². The first-order valence-electron chi connectivity index (χ1n) is 7.07. The van der Waals surface area contributed by atoms with Crippen molar-refractivity contribution in [3.63, 3.8) is 0 Å². The smallest absolute Gasteiger partial charge is 0.220 e. The summed E-state index contributed by atoms with van der Waals surface area (Å²) in [5, 5.41) is 5.78. The zero-order chi connectivity index (χ0) is 13.2. The van der Waals surface area contributed by atoms with E-state index >= 15 is 0 Å². The van der Waals surface area contributed by atoms with Gasteiger partial charge in [0.15, 0.2) is 0 Å². The van der Waals surface area contributed by atoms with Crippen molar-refractivity contribution < 1.29 is 4.79 Å². The lowest BCUT2D eigenvalue weighted by molar-refractivity contribution is -0.121. The van der Waals surface area contributed by atoms with Crippen molar-refractivity contribution in [1.82, 2.24) is 5.32 Å². The van der Waals surface area contributed by atoms with Gasteiger partial charge >= 0.3 is 0 Å². The maximum absolute atomic E-state index is 11.6. The third-order valence-corrected chi connectivity index (χ3v) is 3.95. The third-order valence-electron chi connectivity index (χ3n) is 3.95. The lowest BCUT2D eigenvalue weighted by atomic mass is 10.00. The van der Waals surface area contributed by atoms with Gasteiger partial charge in [0.2, 0.25) is 5.91 Å². The van der Waals surface area contributed by atoms with Gasteiger partial charge < -0.3 is 5.32 Å². The van der Waals surface area contributed by atoms with Crippen LogP contribution in [0.4, 0.5) is 0 Å². The van der Waals surface area contributed by atoms with E-state index in [1.807, 2.05) is 6.92 Å². The largest absolute Gasteiger partial charge is 0.355 e. The third kappa shape index (κ3) is 2.23. The van der Waals surface area contributed by atoms with Crippen molar-refractivity contribution in [2.24, 2.45) is 0 Å². The van der Waals surface area contributed by atoms with E-state index in [0.29, 0.717) is 12.3 Å². The second kappa shape index (κ2) is 5.04. The molecular weight excluding hydrogens is 234 g/mol. The molecule has 2 heteroatoms. The number of benzene rings is 2. The van der Waals surface area contributed by atoms with Gasteiger partial charge in [0.1, 0.15) is 0 Å². The van der Waals surface area contributed by atoms with Crippen molar-refractivity contribution in [1.29, 1.82) is 0 Å². The van der Waals surface area contributed by atoms with Crippen molar-refractivity contribution >= 4 is 16.7 Å². The number of amides is 1. The molecule has 0 spiro atoms. The maximum atomic E-state index is 11.6. The predicted molar refractivity (Wildman–Crippen MR) is 78.3 cm³/mol. The molecular formula is C17H19NO. The Labute approximate surface area is 113 Å². The maximum Gasteiger partial charge on any atom is 0.220 e. The molecule has 98 valence electrons. The second-order valence-electron chi connectivity index (χ2n) is 5.32. The molecule has 0 bridgehead atoms. The minimum absolute atomic E-state index is 0.172. The zero-order valence-corrected chi connectivity index (χ0v) is 11.3. The molecule has 0 unspecified atom stereocenters. The minimum Gasteiger partial charge on any atom is -0.355 e. The molecule has 1 aliphatic carbocycles. The molecule has 1 amide bonds. The normalized spacial score (nSPS) is 16.8. The van der Waals surface area contributed by atoms with Crippen molar-refractivity contribution in [2.45, 2.75) is 32.1 Å². The van der Waals surface area contributed by atoms with Crippen LogP contribution in [-0.4, -0.2) is 12.5 Å². The predicted octanol–water partition coefficient (Wildman–Crippen LogP) is 3.40. The lowest BCUT2D eigenvalue weighted by Crippen LogP contribution is -2.27. The SMILES string of the molecule is CCCC(=O)NC[C@H]1Cc2cccc3cccc1c23. The van der Waals surface area contributed by atoms with Crippen LogP contribution in [0.25, 0.3) is 10.8 Å². The van der Waals surface area contributed by atoms with Crippen LogP contribution in [0.5, 0.6) is 0 Å². The molecule has 0 radical (unpaired) electrons. The Hall–Kier alpha value is -1.83. The van der Waals surface area contributed by atoms with E-state index in [4.69, 9.17) is 0 Å². The number of hydrogen-bond acceptors (Lipinski definition) is 1. The fraction of sp³-hybridized carbons (Fsp3) is 0.353. The summed E-state index contributed by atoms with van der Waals surface area (Å²) < 4.78 is 0. The molecule has 2 aromatic rings. The van der Waals surface area contributed by atoms with Gasteiger partial charge in [-0.15, -0.1) is 0 Å². The van der Waals surface area contributed by atoms with Crippen LogP contribution < -0.4 is 5.32 Å². The van der Waals surface area contributed by atoms with Crippen molar-refractivity contribution in [3.8, 4) is 0 Å². The summed E-state index contributed by atoms with van der Waals surface area (Å²) in [5.41, 5.74) is 2.81. The van der Waals surface area contributed by atoms with Gasteiger partial charge in [0, 0.05) is 18.9 Å². The number of carbonyl (C=O) groups excluding carboxylic acids is 1. The van der Waals surface area contributed by atoms with E-state index in [-0.39, 0.29) is 5.91 Å². The molecule has 2 aromatic carbocycles. The Morgan fingerprint density at radius 2 is 2.05 bits per heavy atom. The van der Waals surface area contributed by atoms with Crippen LogP contribution in [0.1, 0.15) is 36.8 Å². The van der Waals surface area contributed by atoms with E-state index in [2.05, 4.69) is 41.7 Å². The van der Waals surface area contributed by atoms with Crippen LogP contribution in [-0.2, 0) is 11.2 Å². The minimum atomic E-state index is 0.172. The highest BCUT2D eigenvalue weighted by Gasteiger charge is 2.24. The molecule has 1 aliphatic rings. The Bertz CT molecular complexity index is 612. The molecule has 2 nitrogen and oxygen atoms in total. The highest BCUT2D eigenvalue weighted by atomic mass is 16.1. The topological polar surface area (TPSA) is 29.1 Å². The standard InChI is InChI=1S/C17H19NO/c1-2-5-16(19)18-11-14-10-13-8-3-6-12-7-4-9-15(14)17(12)13/h3-4,6-9,14H,2,5,10-11H2,1H3,(H,18,19)/t14-/m1/s1. The first-order chi connectivity index (χ1) is 9.29. The molecule has 0 saturated carbocycles. The molecule has 3 rings (SSSR count). The summed E-state index contributed by atoms with van der Waals surface area (Å²) in [5.74, 6) is 0.604. The molecule has 0 saturated heterocycles. The second-order valence-corrected chi connectivity index (χ2v) is 5.32. The molecule has 0 aliphatic heterocycles. The highest BCUT2D eigenvalue weighted by Crippen LogP contribution is 2.37. The van der Waals surface area contributed by atoms with E-state index < -0.39 is 0 Å². The summed E-state index contributed by atoms with van der Waals surface area (Å²) in [6.45, 7) is 2.79. The number of nitrogens with one attached hydrogen (secondary N) is 1. The molecule has 0 aromatic heterocycles. The van der Waals surface area contributed by atoms with Gasteiger partial charge in [-0.3, -0.25) is 4.79 Å². The van der Waals surface area contributed by atoms with Gasteiger partial charge in [0.25, 0.3) is 0 Å². The van der Waals surface area contributed by atoms with E-state index in [0.717, 1.165) is 19.4 Å². The van der Waals surface area contributed by atoms with Gasteiger partial charge in [-0.1, -0.05) is 43.3 Å². The molecule has 0 heterocycles. The summed E-state index contributed by atoms with van der Waals surface area (Å²) in [6.07, 6.45) is 2.58. The average Bonchev–Trinajstić information content (AvgIpc) is 2.78. The van der Waals surface area contributed by atoms with Gasteiger partial charge in [-0.2, -0.15) is 0 Å². The lowest BCUT2D eigenvalue weighted by Gasteiger charge is -2.12. The average molecular weight is 253 g/mol. The molecule has 0 fully saturated rings. The summed E-state index contributed by atoms with van der Waals surface area (Å²) in [6, 6.07) is 13.0. The van der Waals surface area contributed by atoms with Gasteiger partial charge in [-0.05, 0) is 34.7 Å². The number of hydrogen-bond donors (Lipinski definition) is 1. The molecule has 1 N–H and O–H groups in total. The van der Waals surface area contributed by atoms with E-state index in [9.17, 15) is 4.79 Å². The first-order valence-corrected chi connectivity index (χ1v) is 7.07. The fourth-order valence-corrected chi connectivity index (χ4v) is 3.07. The first kappa shape index (κ1) is 12.2. The van der Waals surface area contributed by atoms with Crippen LogP contribution in [0.3, 0.4) is 0 Å². The summed E-state index contributed by atoms with van der Waals surface area (Å²) in [4.78, 5) is 11.6. The van der Waals surface area contributed by atoms with E-state index in [1.54, 1.807) is 0 Å². The Morgan fingerprint density at radius 1 is 1.26 bits per heavy atom. The molecule has 1 atom stereocenters. The molecule has 19 heavy (non-hydrogen) atoms. The highest BCUT2D eigenvalue weighted by molar-refractivity contribution is 5.91. The van der Waals surface area contributed by atoms with Crippen molar-refractivity contribution in [3.05, 3.63) is 47.5 Å². The zero-order valence-electron chi connectivity index (χ0n) is 11.3. The van der Waals surface area contributed by atoms with Crippen LogP contribution in [0.15, 0.2) is 36.4 Å². The Morgan fingerprint density at radius 3 is 2.84 bits per heavy atom. The Kier molecular flexibility index (Phi) is 3.24. The Balaban J connectivity index is 1.82. The van der Waals surface area contributed by atoms with Gasteiger partial charge in [-0.25, -0.2) is 0 Å². The quantitative estimate of drug-likeness (QED) is 0.889. The van der Waals surface area contributed by atoms with Gasteiger partial charge in [0.05, 0.1) is 0 Å². The van der Waals surface area contributed by atoms with Crippen molar-refractivity contribution in [2.75, 3.05) is 6.54 Å². The van der Waals surface area contributed by atoms with E-state index in [1.165, 1.54) is 21.9 Å². The number of rotatable bonds is 4.